The van der Waals surface area contributed by atoms with Crippen LogP contribution in [-0.2, 0) is 6.54 Å². The highest BCUT2D eigenvalue weighted by Crippen LogP contribution is 2.14. The molecule has 2 rings (SSSR count). The molecule has 0 aliphatic rings. The van der Waals surface area contributed by atoms with E-state index in [9.17, 15) is 0 Å². The van der Waals surface area contributed by atoms with Crippen molar-refractivity contribution in [3.05, 3.63) is 30.1 Å². The topological polar surface area (TPSA) is 54.2 Å². The first-order valence-electron chi connectivity index (χ1n) is 7.54. The molecule has 122 valence electrons. The minimum Gasteiger partial charge on any atom is -0.355 e. The van der Waals surface area contributed by atoms with Crippen molar-refractivity contribution in [1.29, 1.82) is 0 Å². The first kappa shape index (κ1) is 18.7. The van der Waals surface area contributed by atoms with Crippen molar-refractivity contribution < 1.29 is 0 Å². The number of para-hydroxylation sites is 2. The molecule has 0 saturated heterocycles. The molecule has 0 bridgehead atoms. The molecule has 6 heteroatoms. The predicted molar refractivity (Wildman–Crippen MR) is 104 cm³/mol. The SMILES string of the molecule is CCC(C)NC(=NC)NCCn1c(C)nc2ccccc21.I. The molecule has 1 aromatic heterocycles. The molecule has 0 aliphatic carbocycles. The molecule has 0 fully saturated rings. The molecule has 1 heterocycles. The van der Waals surface area contributed by atoms with Crippen LogP contribution >= 0.6 is 24.0 Å². The number of aromatic nitrogens is 2. The van der Waals surface area contributed by atoms with Crippen molar-refractivity contribution in [2.45, 2.75) is 39.8 Å². The Kier molecular flexibility index (Phi) is 7.64. The summed E-state index contributed by atoms with van der Waals surface area (Å²) >= 11 is 0. The predicted octanol–water partition coefficient (Wildman–Crippen LogP) is 2.93. The lowest BCUT2D eigenvalue weighted by Crippen LogP contribution is -2.43. The van der Waals surface area contributed by atoms with E-state index in [-0.39, 0.29) is 24.0 Å². The number of imidazole rings is 1. The van der Waals surface area contributed by atoms with Gasteiger partial charge in [-0.3, -0.25) is 4.99 Å². The quantitative estimate of drug-likeness (QED) is 0.449. The molecule has 2 aromatic rings. The van der Waals surface area contributed by atoms with Gasteiger partial charge >= 0.3 is 0 Å². The van der Waals surface area contributed by atoms with Crippen LogP contribution in [0.1, 0.15) is 26.1 Å². The Morgan fingerprint density at radius 2 is 2.09 bits per heavy atom. The molecule has 0 saturated carbocycles. The highest BCUT2D eigenvalue weighted by Gasteiger charge is 2.07. The number of nitrogens with one attached hydrogen (secondary N) is 2. The van der Waals surface area contributed by atoms with Crippen LogP contribution in [0.25, 0.3) is 11.0 Å². The minimum atomic E-state index is 0. The summed E-state index contributed by atoms with van der Waals surface area (Å²) in [5, 5.41) is 6.72. The number of fused-ring (bicyclic) bond motifs is 1. The minimum absolute atomic E-state index is 0. The fourth-order valence-corrected chi connectivity index (χ4v) is 2.29. The standard InChI is InChI=1S/C16H25N5.HI/c1-5-12(2)19-16(17-4)18-10-11-21-13(3)20-14-8-6-7-9-15(14)21;/h6-9,12H,5,10-11H2,1-4H3,(H2,17,18,19);1H. The van der Waals surface area contributed by atoms with Crippen molar-refractivity contribution >= 4 is 41.0 Å². The van der Waals surface area contributed by atoms with Crippen LogP contribution in [0.15, 0.2) is 29.3 Å². The number of hydrogen-bond acceptors (Lipinski definition) is 2. The van der Waals surface area contributed by atoms with Gasteiger partial charge < -0.3 is 15.2 Å². The van der Waals surface area contributed by atoms with E-state index in [1.54, 1.807) is 7.05 Å². The van der Waals surface area contributed by atoms with E-state index in [2.05, 4.69) is 57.2 Å². The molecule has 0 amide bonds. The maximum atomic E-state index is 4.58. The number of hydrogen-bond donors (Lipinski definition) is 2. The molecule has 1 atom stereocenters. The number of guanidine groups is 1. The monoisotopic (exact) mass is 415 g/mol. The summed E-state index contributed by atoms with van der Waals surface area (Å²) in [6.07, 6.45) is 1.08. The van der Waals surface area contributed by atoms with Gasteiger partial charge in [0.25, 0.3) is 0 Å². The number of benzene rings is 1. The third-order valence-corrected chi connectivity index (χ3v) is 3.69. The molecule has 1 unspecified atom stereocenters. The summed E-state index contributed by atoms with van der Waals surface area (Å²) < 4.78 is 2.23. The van der Waals surface area contributed by atoms with Gasteiger partial charge in [-0.2, -0.15) is 0 Å². The second kappa shape index (κ2) is 8.97. The third kappa shape index (κ3) is 4.59. The lowest BCUT2D eigenvalue weighted by molar-refractivity contribution is 0.609. The first-order valence-corrected chi connectivity index (χ1v) is 7.54. The van der Waals surface area contributed by atoms with Crippen molar-refractivity contribution in [3.63, 3.8) is 0 Å². The molecular formula is C16H26IN5. The van der Waals surface area contributed by atoms with Crippen LogP contribution in [0.3, 0.4) is 0 Å². The van der Waals surface area contributed by atoms with E-state index in [1.807, 2.05) is 13.0 Å². The lowest BCUT2D eigenvalue weighted by Gasteiger charge is -2.17. The molecule has 0 aliphatic heterocycles. The van der Waals surface area contributed by atoms with Gasteiger partial charge in [0.05, 0.1) is 11.0 Å². The van der Waals surface area contributed by atoms with Gasteiger partial charge in [-0.05, 0) is 32.4 Å². The number of halogens is 1. The molecule has 1 aromatic carbocycles. The Bertz CT molecular complexity index is 620. The highest BCUT2D eigenvalue weighted by molar-refractivity contribution is 14.0. The van der Waals surface area contributed by atoms with Gasteiger partial charge in [0.1, 0.15) is 5.82 Å². The zero-order valence-electron chi connectivity index (χ0n) is 13.8. The van der Waals surface area contributed by atoms with E-state index in [4.69, 9.17) is 0 Å². The molecule has 0 spiro atoms. The summed E-state index contributed by atoms with van der Waals surface area (Å²) in [6, 6.07) is 8.66. The van der Waals surface area contributed by atoms with Crippen molar-refractivity contribution in [1.82, 2.24) is 20.2 Å². The summed E-state index contributed by atoms with van der Waals surface area (Å²) in [5.74, 6) is 1.90. The zero-order valence-corrected chi connectivity index (χ0v) is 16.1. The zero-order chi connectivity index (χ0) is 15.2. The first-order chi connectivity index (χ1) is 10.2. The Balaban J connectivity index is 0.00000242. The largest absolute Gasteiger partial charge is 0.355 e. The van der Waals surface area contributed by atoms with Crippen LogP contribution in [0.5, 0.6) is 0 Å². The molecule has 0 radical (unpaired) electrons. The second-order valence-electron chi connectivity index (χ2n) is 5.25. The number of aliphatic imine (C=N–C) groups is 1. The molecular weight excluding hydrogens is 389 g/mol. The van der Waals surface area contributed by atoms with E-state index >= 15 is 0 Å². The fraction of sp³-hybridized carbons (Fsp3) is 0.500. The lowest BCUT2D eigenvalue weighted by atomic mass is 10.3. The van der Waals surface area contributed by atoms with Crippen LogP contribution in [-0.4, -0.2) is 35.1 Å². The van der Waals surface area contributed by atoms with Crippen LogP contribution < -0.4 is 10.6 Å². The van der Waals surface area contributed by atoms with Gasteiger partial charge in [0, 0.05) is 26.2 Å². The van der Waals surface area contributed by atoms with E-state index in [1.165, 1.54) is 5.52 Å². The van der Waals surface area contributed by atoms with Crippen molar-refractivity contribution in [3.8, 4) is 0 Å². The van der Waals surface area contributed by atoms with E-state index in [0.717, 1.165) is 36.8 Å². The Labute approximate surface area is 149 Å². The fourth-order valence-electron chi connectivity index (χ4n) is 2.29. The van der Waals surface area contributed by atoms with Crippen molar-refractivity contribution in [2.75, 3.05) is 13.6 Å². The number of nitrogens with zero attached hydrogens (tertiary/aromatic N) is 3. The van der Waals surface area contributed by atoms with Gasteiger partial charge in [-0.15, -0.1) is 24.0 Å². The molecule has 2 N–H and O–H groups in total. The van der Waals surface area contributed by atoms with Crippen LogP contribution in [0, 0.1) is 6.92 Å². The highest BCUT2D eigenvalue weighted by atomic mass is 127. The second-order valence-corrected chi connectivity index (χ2v) is 5.25. The normalized spacial score (nSPS) is 12.8. The van der Waals surface area contributed by atoms with E-state index < -0.39 is 0 Å². The summed E-state index contributed by atoms with van der Waals surface area (Å²) in [7, 11) is 1.80. The average Bonchev–Trinajstić information content (AvgIpc) is 2.82. The third-order valence-electron chi connectivity index (χ3n) is 3.69. The maximum Gasteiger partial charge on any atom is 0.191 e. The summed E-state index contributed by atoms with van der Waals surface area (Å²) in [4.78, 5) is 8.83. The van der Waals surface area contributed by atoms with Gasteiger partial charge in [-0.1, -0.05) is 19.1 Å². The van der Waals surface area contributed by atoms with E-state index in [0.29, 0.717) is 6.04 Å². The maximum absolute atomic E-state index is 4.58. The number of rotatable bonds is 5. The average molecular weight is 415 g/mol. The Morgan fingerprint density at radius 3 is 2.77 bits per heavy atom. The molecule has 5 nitrogen and oxygen atoms in total. The summed E-state index contributed by atoms with van der Waals surface area (Å²) in [6.45, 7) is 8.05. The summed E-state index contributed by atoms with van der Waals surface area (Å²) in [5.41, 5.74) is 2.23. The van der Waals surface area contributed by atoms with Gasteiger partial charge in [0.15, 0.2) is 5.96 Å². The number of aryl methyl sites for hydroxylation is 1. The van der Waals surface area contributed by atoms with Gasteiger partial charge in [-0.25, -0.2) is 4.98 Å². The smallest absolute Gasteiger partial charge is 0.191 e. The Morgan fingerprint density at radius 1 is 1.36 bits per heavy atom. The van der Waals surface area contributed by atoms with Crippen molar-refractivity contribution in [2.24, 2.45) is 4.99 Å². The van der Waals surface area contributed by atoms with Crippen LogP contribution in [0.4, 0.5) is 0 Å². The Hall–Kier alpha value is -1.31. The van der Waals surface area contributed by atoms with Gasteiger partial charge in [0.2, 0.25) is 0 Å². The van der Waals surface area contributed by atoms with Crippen LogP contribution in [0.2, 0.25) is 0 Å². The molecule has 22 heavy (non-hydrogen) atoms.